The summed E-state index contributed by atoms with van der Waals surface area (Å²) in [6.45, 7) is 16.4. The van der Waals surface area contributed by atoms with Crippen molar-refractivity contribution < 1.29 is 42.2 Å². The van der Waals surface area contributed by atoms with Gasteiger partial charge in [0, 0.05) is 6.61 Å². The van der Waals surface area contributed by atoms with E-state index in [9.17, 15) is 9.46 Å². The van der Waals surface area contributed by atoms with E-state index in [1.165, 1.54) is 0 Å². The van der Waals surface area contributed by atoms with Gasteiger partial charge in [-0.05, 0) is 32.6 Å². The van der Waals surface area contributed by atoms with Crippen LogP contribution in [0.5, 0.6) is 0 Å². The van der Waals surface area contributed by atoms with Crippen LogP contribution in [-0.2, 0) is 37.3 Å². The fourth-order valence-corrected chi connectivity index (χ4v) is 2.99. The van der Waals surface area contributed by atoms with E-state index in [0.29, 0.717) is 58.3 Å². The molecule has 0 fully saturated rings. The minimum Gasteiger partial charge on any atom is -0.379 e. The zero-order chi connectivity index (χ0) is 22.9. The SMILES string of the molecule is CC(C)(C)CCOCCOCCOCCOCCOCCOP(=O)(O)OC(C)(C)C. The number of phosphoric acid groups is 1. The van der Waals surface area contributed by atoms with Crippen molar-refractivity contribution in [3.05, 3.63) is 0 Å². The lowest BCUT2D eigenvalue weighted by molar-refractivity contribution is -0.0154. The third kappa shape index (κ3) is 24.2. The van der Waals surface area contributed by atoms with Crippen molar-refractivity contribution in [2.75, 3.05) is 72.7 Å². The van der Waals surface area contributed by atoms with E-state index in [1.807, 2.05) is 0 Å². The fourth-order valence-electron chi connectivity index (χ4n) is 1.94. The van der Waals surface area contributed by atoms with Crippen LogP contribution in [0.4, 0.5) is 0 Å². The molecule has 0 aliphatic carbocycles. The van der Waals surface area contributed by atoms with Gasteiger partial charge in [0.05, 0.1) is 71.7 Å². The van der Waals surface area contributed by atoms with Crippen LogP contribution in [0, 0.1) is 5.41 Å². The lowest BCUT2D eigenvalue weighted by Gasteiger charge is -2.22. The van der Waals surface area contributed by atoms with E-state index in [0.717, 1.165) is 13.0 Å². The Bertz CT molecular complexity index is 447. The Morgan fingerprint density at radius 2 is 0.933 bits per heavy atom. The monoisotopic (exact) mass is 458 g/mol. The minimum absolute atomic E-state index is 0.0331. The summed E-state index contributed by atoms with van der Waals surface area (Å²) >= 11 is 0. The molecule has 0 aromatic carbocycles. The predicted molar refractivity (Wildman–Crippen MR) is 115 cm³/mol. The Kier molecular flexibility index (Phi) is 16.5. The third-order valence-electron chi connectivity index (χ3n) is 3.36. The molecule has 0 radical (unpaired) electrons. The maximum absolute atomic E-state index is 11.6. The molecule has 182 valence electrons. The normalized spacial score (nSPS) is 14.8. The van der Waals surface area contributed by atoms with Crippen molar-refractivity contribution in [2.24, 2.45) is 5.41 Å². The average Bonchev–Trinajstić information content (AvgIpc) is 2.57. The highest BCUT2D eigenvalue weighted by Gasteiger charge is 2.28. The van der Waals surface area contributed by atoms with Crippen molar-refractivity contribution in [3.8, 4) is 0 Å². The minimum atomic E-state index is -4.06. The van der Waals surface area contributed by atoms with Crippen LogP contribution in [0.1, 0.15) is 48.0 Å². The average molecular weight is 459 g/mol. The fraction of sp³-hybridized carbons (Fsp3) is 1.00. The largest absolute Gasteiger partial charge is 0.472 e. The molecule has 9 nitrogen and oxygen atoms in total. The van der Waals surface area contributed by atoms with Gasteiger partial charge in [0.15, 0.2) is 0 Å². The Balaban J connectivity index is 3.26. The Morgan fingerprint density at radius 1 is 0.600 bits per heavy atom. The summed E-state index contributed by atoms with van der Waals surface area (Å²) in [5, 5.41) is 0. The predicted octanol–water partition coefficient (Wildman–Crippen LogP) is 3.44. The molecule has 1 unspecified atom stereocenters. The quantitative estimate of drug-likeness (QED) is 0.230. The van der Waals surface area contributed by atoms with Crippen LogP contribution in [0.25, 0.3) is 0 Å². The van der Waals surface area contributed by atoms with Gasteiger partial charge < -0.3 is 28.6 Å². The first-order valence-corrected chi connectivity index (χ1v) is 12.0. The molecule has 0 aromatic rings. The maximum atomic E-state index is 11.6. The zero-order valence-electron chi connectivity index (χ0n) is 19.6. The molecule has 0 aliphatic heterocycles. The molecular weight excluding hydrogens is 415 g/mol. The Hall–Kier alpha value is -0.0900. The van der Waals surface area contributed by atoms with Crippen LogP contribution >= 0.6 is 7.82 Å². The van der Waals surface area contributed by atoms with Crippen molar-refractivity contribution in [3.63, 3.8) is 0 Å². The second kappa shape index (κ2) is 16.5. The van der Waals surface area contributed by atoms with E-state index in [4.69, 9.17) is 32.7 Å². The van der Waals surface area contributed by atoms with Crippen molar-refractivity contribution in [1.82, 2.24) is 0 Å². The van der Waals surface area contributed by atoms with Crippen LogP contribution < -0.4 is 0 Å². The van der Waals surface area contributed by atoms with Crippen LogP contribution in [0.15, 0.2) is 0 Å². The molecule has 30 heavy (non-hydrogen) atoms. The lowest BCUT2D eigenvalue weighted by Crippen LogP contribution is -2.19. The number of ether oxygens (including phenoxy) is 5. The summed E-state index contributed by atoms with van der Waals surface area (Å²) in [5.41, 5.74) is -0.460. The van der Waals surface area contributed by atoms with Gasteiger partial charge in [-0.1, -0.05) is 20.8 Å². The molecule has 10 heteroatoms. The van der Waals surface area contributed by atoms with Crippen LogP contribution in [-0.4, -0.2) is 83.2 Å². The molecular formula is C20H43O9P. The molecule has 0 amide bonds. The summed E-state index contributed by atoms with van der Waals surface area (Å²) in [7, 11) is -4.06. The Labute approximate surface area is 182 Å². The molecule has 0 heterocycles. The maximum Gasteiger partial charge on any atom is 0.472 e. The Morgan fingerprint density at radius 3 is 1.27 bits per heavy atom. The van der Waals surface area contributed by atoms with E-state index in [1.54, 1.807) is 20.8 Å². The summed E-state index contributed by atoms with van der Waals surface area (Å²) in [4.78, 5) is 9.50. The first-order valence-electron chi connectivity index (χ1n) is 10.5. The van der Waals surface area contributed by atoms with E-state index in [2.05, 4.69) is 20.8 Å². The number of hydrogen-bond acceptors (Lipinski definition) is 8. The highest BCUT2D eigenvalue weighted by Crippen LogP contribution is 2.46. The van der Waals surface area contributed by atoms with Crippen LogP contribution in [0.3, 0.4) is 0 Å². The second-order valence-corrected chi connectivity index (χ2v) is 10.3. The van der Waals surface area contributed by atoms with Crippen molar-refractivity contribution >= 4 is 7.82 Å². The van der Waals surface area contributed by atoms with Gasteiger partial charge >= 0.3 is 7.82 Å². The molecule has 0 rings (SSSR count). The van der Waals surface area contributed by atoms with E-state index < -0.39 is 13.4 Å². The van der Waals surface area contributed by atoms with Crippen molar-refractivity contribution in [2.45, 2.75) is 53.6 Å². The van der Waals surface area contributed by atoms with Crippen molar-refractivity contribution in [1.29, 1.82) is 0 Å². The molecule has 0 spiro atoms. The molecule has 0 saturated carbocycles. The number of rotatable bonds is 19. The van der Waals surface area contributed by atoms with Gasteiger partial charge in [-0.25, -0.2) is 4.57 Å². The molecule has 1 N–H and O–H groups in total. The summed E-state index contributed by atoms with van der Waals surface area (Å²) in [6.07, 6.45) is 1.03. The standard InChI is InChI=1S/C20H43O9P/c1-19(2,3)7-8-23-9-10-24-11-12-25-13-14-26-15-16-27-17-18-28-30(21,22)29-20(4,5)6/h7-18H2,1-6H3,(H,21,22). The van der Waals surface area contributed by atoms with Gasteiger partial charge in [0.25, 0.3) is 0 Å². The first kappa shape index (κ1) is 29.9. The number of hydrogen-bond donors (Lipinski definition) is 1. The van der Waals surface area contributed by atoms with Gasteiger partial charge in [-0.15, -0.1) is 0 Å². The highest BCUT2D eigenvalue weighted by atomic mass is 31.2. The van der Waals surface area contributed by atoms with E-state index in [-0.39, 0.29) is 13.2 Å². The third-order valence-corrected chi connectivity index (χ3v) is 4.64. The molecule has 0 aliphatic rings. The topological polar surface area (TPSA) is 102 Å². The van der Waals surface area contributed by atoms with Gasteiger partial charge in [0.1, 0.15) is 0 Å². The lowest BCUT2D eigenvalue weighted by atomic mass is 9.93. The summed E-state index contributed by atoms with van der Waals surface area (Å²) in [5.74, 6) is 0. The first-order chi connectivity index (χ1) is 13.9. The van der Waals surface area contributed by atoms with Gasteiger partial charge in [-0.2, -0.15) is 0 Å². The van der Waals surface area contributed by atoms with E-state index >= 15 is 0 Å². The van der Waals surface area contributed by atoms with Crippen LogP contribution in [0.2, 0.25) is 0 Å². The smallest absolute Gasteiger partial charge is 0.379 e. The molecule has 0 saturated heterocycles. The second-order valence-electron chi connectivity index (χ2n) is 8.88. The molecule has 1 atom stereocenters. The zero-order valence-corrected chi connectivity index (χ0v) is 20.5. The molecule has 0 bridgehead atoms. The summed E-state index contributed by atoms with van der Waals surface area (Å²) in [6, 6.07) is 0. The van der Waals surface area contributed by atoms with Gasteiger partial charge in [-0.3, -0.25) is 9.05 Å². The molecule has 0 aromatic heterocycles. The highest BCUT2D eigenvalue weighted by molar-refractivity contribution is 7.47. The number of phosphoric ester groups is 1. The van der Waals surface area contributed by atoms with Gasteiger partial charge in [0.2, 0.25) is 0 Å². The summed E-state index contributed by atoms with van der Waals surface area (Å²) < 4.78 is 48.4.